The summed E-state index contributed by atoms with van der Waals surface area (Å²) in [6.07, 6.45) is 2.58. The molecule has 10 heavy (non-hydrogen) atoms. The van der Waals surface area contributed by atoms with Gasteiger partial charge in [0, 0.05) is 27.4 Å². The van der Waals surface area contributed by atoms with E-state index >= 15 is 0 Å². The van der Waals surface area contributed by atoms with Crippen LogP contribution in [-0.4, -0.2) is 27.4 Å². The van der Waals surface area contributed by atoms with E-state index in [1.807, 2.05) is 0 Å². The number of ether oxygens (including phenoxy) is 2. The predicted octanol–water partition coefficient (Wildman–Crippen LogP) is 1.70. The molecule has 1 aliphatic heterocycles. The quantitative estimate of drug-likeness (QED) is 0.560. The van der Waals surface area contributed by atoms with Crippen molar-refractivity contribution in [2.45, 2.75) is 19.8 Å². The van der Waals surface area contributed by atoms with Gasteiger partial charge in [0.25, 0.3) is 0 Å². The number of methoxy groups -OCH3 is 1. The molecule has 1 unspecified atom stereocenters. The van der Waals surface area contributed by atoms with Gasteiger partial charge in [0.15, 0.2) is 0 Å². The maximum absolute atomic E-state index is 5.15. The van der Waals surface area contributed by atoms with Crippen molar-refractivity contribution in [2.75, 3.05) is 27.4 Å². The Labute approximate surface area is 63.5 Å². The van der Waals surface area contributed by atoms with Gasteiger partial charge in [0.1, 0.15) is 0 Å². The van der Waals surface area contributed by atoms with Gasteiger partial charge < -0.3 is 9.47 Å². The molecule has 1 atom stereocenters. The summed E-state index contributed by atoms with van der Waals surface area (Å²) in [4.78, 5) is 0. The van der Waals surface area contributed by atoms with E-state index in [0.717, 1.165) is 19.1 Å². The first-order valence-electron chi connectivity index (χ1n) is 3.83. The van der Waals surface area contributed by atoms with E-state index in [1.165, 1.54) is 12.8 Å². The largest absolute Gasteiger partial charge is 0.388 e. The predicted molar refractivity (Wildman–Crippen MR) is 42.2 cm³/mol. The van der Waals surface area contributed by atoms with Crippen LogP contribution in [0, 0.1) is 5.92 Å². The Morgan fingerprint density at radius 2 is 2.10 bits per heavy atom. The fourth-order valence-electron chi connectivity index (χ4n) is 0.905. The molecule has 0 aromatic carbocycles. The van der Waals surface area contributed by atoms with Crippen LogP contribution >= 0.6 is 0 Å². The molecule has 1 fully saturated rings. The molecule has 1 aliphatic rings. The maximum atomic E-state index is 5.15. The number of rotatable bonds is 1. The average molecular weight is 146 g/mol. The summed E-state index contributed by atoms with van der Waals surface area (Å²) in [6.45, 7) is 4.23. The topological polar surface area (TPSA) is 18.5 Å². The molecule has 2 heteroatoms. The van der Waals surface area contributed by atoms with Crippen LogP contribution < -0.4 is 0 Å². The van der Waals surface area contributed by atoms with Crippen LogP contribution in [0.3, 0.4) is 0 Å². The Bertz CT molecular complexity index is 58.3. The molecule has 62 valence electrons. The first-order chi connectivity index (χ1) is 4.85. The monoisotopic (exact) mass is 146 g/mol. The van der Waals surface area contributed by atoms with Gasteiger partial charge in [-0.1, -0.05) is 13.3 Å². The Kier molecular flexibility index (Phi) is 6.98. The Morgan fingerprint density at radius 3 is 2.30 bits per heavy atom. The SMILES string of the molecule is CCC1CCOC1.COC. The third-order valence-corrected chi connectivity index (χ3v) is 1.60. The summed E-state index contributed by atoms with van der Waals surface area (Å²) in [5.41, 5.74) is 0. The maximum Gasteiger partial charge on any atom is 0.0495 e. The van der Waals surface area contributed by atoms with E-state index in [1.54, 1.807) is 14.2 Å². The van der Waals surface area contributed by atoms with Crippen LogP contribution in [0.1, 0.15) is 19.8 Å². The third-order valence-electron chi connectivity index (χ3n) is 1.60. The molecule has 2 nitrogen and oxygen atoms in total. The number of hydrogen-bond acceptors (Lipinski definition) is 2. The van der Waals surface area contributed by atoms with Gasteiger partial charge in [-0.2, -0.15) is 0 Å². The minimum atomic E-state index is 0.875. The van der Waals surface area contributed by atoms with Crippen LogP contribution in [0.5, 0.6) is 0 Å². The smallest absolute Gasteiger partial charge is 0.0495 e. The summed E-state index contributed by atoms with van der Waals surface area (Å²) in [5.74, 6) is 0.875. The highest BCUT2D eigenvalue weighted by Gasteiger charge is 2.11. The highest BCUT2D eigenvalue weighted by Crippen LogP contribution is 2.14. The van der Waals surface area contributed by atoms with Gasteiger partial charge in [-0.25, -0.2) is 0 Å². The van der Waals surface area contributed by atoms with Crippen molar-refractivity contribution in [2.24, 2.45) is 5.92 Å². The Balaban J connectivity index is 0.000000236. The standard InChI is InChI=1S/C6H12O.C2H6O/c1-2-6-3-4-7-5-6;1-3-2/h6H,2-5H2,1H3;1-2H3. The lowest BCUT2D eigenvalue weighted by Gasteiger charge is -1.97. The van der Waals surface area contributed by atoms with E-state index < -0.39 is 0 Å². The fourth-order valence-corrected chi connectivity index (χ4v) is 0.905. The van der Waals surface area contributed by atoms with Gasteiger partial charge in [-0.3, -0.25) is 0 Å². The zero-order valence-corrected chi connectivity index (χ0v) is 7.22. The highest BCUT2D eigenvalue weighted by atomic mass is 16.5. The molecular formula is C8H18O2. The molecule has 0 radical (unpaired) electrons. The first kappa shape index (κ1) is 9.92. The van der Waals surface area contributed by atoms with Crippen molar-refractivity contribution in [3.8, 4) is 0 Å². The van der Waals surface area contributed by atoms with Crippen molar-refractivity contribution in [3.63, 3.8) is 0 Å². The normalized spacial score (nSPS) is 23.7. The van der Waals surface area contributed by atoms with Gasteiger partial charge in [-0.05, 0) is 12.3 Å². The molecule has 0 amide bonds. The summed E-state index contributed by atoms with van der Waals surface area (Å²) in [6, 6.07) is 0. The van der Waals surface area contributed by atoms with Crippen molar-refractivity contribution >= 4 is 0 Å². The van der Waals surface area contributed by atoms with Crippen molar-refractivity contribution in [3.05, 3.63) is 0 Å². The summed E-state index contributed by atoms with van der Waals surface area (Å²) >= 11 is 0. The van der Waals surface area contributed by atoms with Crippen molar-refractivity contribution in [1.82, 2.24) is 0 Å². The van der Waals surface area contributed by atoms with Gasteiger partial charge in [-0.15, -0.1) is 0 Å². The second-order valence-corrected chi connectivity index (χ2v) is 2.55. The van der Waals surface area contributed by atoms with E-state index in [-0.39, 0.29) is 0 Å². The van der Waals surface area contributed by atoms with Crippen molar-refractivity contribution < 1.29 is 9.47 Å². The Hall–Kier alpha value is -0.0800. The molecule has 0 aromatic rings. The minimum Gasteiger partial charge on any atom is -0.388 e. The molecule has 1 heterocycles. The molecule has 0 bridgehead atoms. The van der Waals surface area contributed by atoms with Crippen LogP contribution in [-0.2, 0) is 9.47 Å². The molecule has 1 saturated heterocycles. The zero-order chi connectivity index (χ0) is 7.82. The average Bonchev–Trinajstić information content (AvgIpc) is 2.39. The molecular weight excluding hydrogens is 128 g/mol. The highest BCUT2D eigenvalue weighted by molar-refractivity contribution is 4.60. The molecule has 0 spiro atoms. The molecule has 1 rings (SSSR count). The van der Waals surface area contributed by atoms with Crippen LogP contribution in [0.15, 0.2) is 0 Å². The van der Waals surface area contributed by atoms with Crippen LogP contribution in [0.4, 0.5) is 0 Å². The summed E-state index contributed by atoms with van der Waals surface area (Å²) < 4.78 is 9.40. The molecule has 0 aliphatic carbocycles. The van der Waals surface area contributed by atoms with Gasteiger partial charge >= 0.3 is 0 Å². The first-order valence-corrected chi connectivity index (χ1v) is 3.83. The molecule has 0 aromatic heterocycles. The fraction of sp³-hybridized carbons (Fsp3) is 1.00. The second kappa shape index (κ2) is 7.03. The van der Waals surface area contributed by atoms with E-state index in [2.05, 4.69) is 11.7 Å². The lowest BCUT2D eigenvalue weighted by Crippen LogP contribution is -1.94. The second-order valence-electron chi connectivity index (χ2n) is 2.55. The lowest BCUT2D eigenvalue weighted by molar-refractivity contribution is 0.185. The lowest BCUT2D eigenvalue weighted by atomic mass is 10.1. The van der Waals surface area contributed by atoms with Crippen LogP contribution in [0.25, 0.3) is 0 Å². The van der Waals surface area contributed by atoms with Gasteiger partial charge in [0.05, 0.1) is 0 Å². The van der Waals surface area contributed by atoms with E-state index in [4.69, 9.17) is 4.74 Å². The summed E-state index contributed by atoms with van der Waals surface area (Å²) in [7, 11) is 3.25. The summed E-state index contributed by atoms with van der Waals surface area (Å²) in [5, 5.41) is 0. The minimum absolute atomic E-state index is 0.875. The third kappa shape index (κ3) is 4.77. The van der Waals surface area contributed by atoms with E-state index in [9.17, 15) is 0 Å². The van der Waals surface area contributed by atoms with Gasteiger partial charge in [0.2, 0.25) is 0 Å². The molecule has 0 saturated carbocycles. The van der Waals surface area contributed by atoms with Crippen molar-refractivity contribution in [1.29, 1.82) is 0 Å². The van der Waals surface area contributed by atoms with Crippen LogP contribution in [0.2, 0.25) is 0 Å². The number of hydrogen-bond donors (Lipinski definition) is 0. The zero-order valence-electron chi connectivity index (χ0n) is 7.22. The Morgan fingerprint density at radius 1 is 1.50 bits per heavy atom. The van der Waals surface area contributed by atoms with E-state index in [0.29, 0.717) is 0 Å². The molecule has 0 N–H and O–H groups in total.